The summed E-state index contributed by atoms with van der Waals surface area (Å²) >= 11 is 0. The van der Waals surface area contributed by atoms with Crippen LogP contribution in [0.15, 0.2) is 89.3 Å². The van der Waals surface area contributed by atoms with Crippen molar-refractivity contribution < 1.29 is 4.42 Å². The minimum atomic E-state index is 0.637. The first-order chi connectivity index (χ1) is 13.9. The fourth-order valence-corrected chi connectivity index (χ4v) is 4.24. The normalized spacial score (nSPS) is 11.5. The highest BCUT2D eigenvalue weighted by Gasteiger charge is 2.19. The molecule has 2 heterocycles. The third-order valence-corrected chi connectivity index (χ3v) is 5.44. The number of fused-ring (bicyclic) bond motifs is 7. The highest BCUT2D eigenvalue weighted by molar-refractivity contribution is 6.21. The van der Waals surface area contributed by atoms with Gasteiger partial charge in [-0.25, -0.2) is 0 Å². The highest BCUT2D eigenvalue weighted by Crippen LogP contribution is 2.40. The Hall–Kier alpha value is -4.03. The number of hydrogen-bond acceptors (Lipinski definition) is 2. The Bertz CT molecular complexity index is 1580. The molecule has 0 saturated heterocycles. The van der Waals surface area contributed by atoms with Gasteiger partial charge in [0.15, 0.2) is 5.58 Å². The van der Waals surface area contributed by atoms with E-state index in [1.807, 2.05) is 54.6 Å². The van der Waals surface area contributed by atoms with E-state index >= 15 is 0 Å². The van der Waals surface area contributed by atoms with Gasteiger partial charge in [-0.3, -0.25) is 0 Å². The van der Waals surface area contributed by atoms with Gasteiger partial charge in [-0.2, -0.15) is 5.26 Å². The molecular weight excluding hydrogens is 344 g/mol. The Balaban J connectivity index is 1.92. The number of furan rings is 1. The molecule has 3 nitrogen and oxygen atoms in total. The molecule has 0 radical (unpaired) electrons. The third-order valence-electron chi connectivity index (χ3n) is 5.44. The molecule has 0 bridgehead atoms. The van der Waals surface area contributed by atoms with Gasteiger partial charge in [0.1, 0.15) is 11.7 Å². The maximum absolute atomic E-state index is 9.70. The lowest BCUT2D eigenvalue weighted by Gasteiger charge is -2.09. The zero-order chi connectivity index (χ0) is 18.7. The van der Waals surface area contributed by atoms with Crippen LogP contribution in [0.25, 0.3) is 49.4 Å². The van der Waals surface area contributed by atoms with Gasteiger partial charge in [-0.1, -0.05) is 54.6 Å². The number of hydrogen-bond donors (Lipinski definition) is 0. The second-order valence-electron chi connectivity index (χ2n) is 6.92. The molecule has 130 valence electrons. The minimum absolute atomic E-state index is 0.637. The SMILES string of the molecule is N#Cc1ccccc1-n1c2ccccc2c2ccc3c4ccccc4oc3c21. The van der Waals surface area contributed by atoms with Crippen LogP contribution < -0.4 is 0 Å². The average molecular weight is 358 g/mol. The smallest absolute Gasteiger partial charge is 0.160 e. The second kappa shape index (κ2) is 5.48. The van der Waals surface area contributed by atoms with Crippen LogP contribution in [0.3, 0.4) is 0 Å². The number of aromatic nitrogens is 1. The van der Waals surface area contributed by atoms with Crippen LogP contribution in [0.4, 0.5) is 0 Å². The van der Waals surface area contributed by atoms with E-state index in [0.29, 0.717) is 5.56 Å². The fraction of sp³-hybridized carbons (Fsp3) is 0. The summed E-state index contributed by atoms with van der Waals surface area (Å²) in [6.45, 7) is 0. The summed E-state index contributed by atoms with van der Waals surface area (Å²) in [7, 11) is 0. The van der Waals surface area contributed by atoms with Crippen LogP contribution in [0.2, 0.25) is 0 Å². The monoisotopic (exact) mass is 358 g/mol. The molecule has 0 aliphatic rings. The van der Waals surface area contributed by atoms with Crippen LogP contribution in [0, 0.1) is 11.3 Å². The molecule has 6 aromatic rings. The Morgan fingerprint density at radius 2 is 1.39 bits per heavy atom. The topological polar surface area (TPSA) is 41.9 Å². The lowest BCUT2D eigenvalue weighted by Crippen LogP contribution is -1.97. The first-order valence-electron chi connectivity index (χ1n) is 9.20. The summed E-state index contributed by atoms with van der Waals surface area (Å²) in [5.41, 5.74) is 5.28. The van der Waals surface area contributed by atoms with Crippen molar-refractivity contribution in [3.8, 4) is 11.8 Å². The Kier molecular flexibility index (Phi) is 2.95. The molecule has 0 saturated carbocycles. The molecule has 0 aliphatic heterocycles. The van der Waals surface area contributed by atoms with Gasteiger partial charge in [-0.15, -0.1) is 0 Å². The maximum Gasteiger partial charge on any atom is 0.160 e. The predicted molar refractivity (Wildman–Crippen MR) is 113 cm³/mol. The number of para-hydroxylation sites is 3. The lowest BCUT2D eigenvalue weighted by atomic mass is 10.1. The quantitative estimate of drug-likeness (QED) is 0.334. The van der Waals surface area contributed by atoms with E-state index in [2.05, 4.69) is 41.0 Å². The molecule has 0 N–H and O–H groups in total. The summed E-state index contributed by atoms with van der Waals surface area (Å²) in [5.74, 6) is 0. The molecule has 6 rings (SSSR count). The molecule has 0 unspecified atom stereocenters. The van der Waals surface area contributed by atoms with Gasteiger partial charge in [0.2, 0.25) is 0 Å². The van der Waals surface area contributed by atoms with E-state index < -0.39 is 0 Å². The zero-order valence-corrected chi connectivity index (χ0v) is 14.9. The lowest BCUT2D eigenvalue weighted by molar-refractivity contribution is 0.671. The van der Waals surface area contributed by atoms with Crippen molar-refractivity contribution in [1.29, 1.82) is 5.26 Å². The Labute approximate surface area is 160 Å². The fourth-order valence-electron chi connectivity index (χ4n) is 4.24. The van der Waals surface area contributed by atoms with Crippen LogP contribution in [-0.4, -0.2) is 4.57 Å². The first-order valence-corrected chi connectivity index (χ1v) is 9.20. The van der Waals surface area contributed by atoms with Crippen molar-refractivity contribution in [2.24, 2.45) is 0 Å². The van der Waals surface area contributed by atoms with Crippen molar-refractivity contribution in [3.05, 3.63) is 90.5 Å². The van der Waals surface area contributed by atoms with Gasteiger partial charge in [-0.05, 0) is 30.3 Å². The van der Waals surface area contributed by atoms with Crippen molar-refractivity contribution in [2.45, 2.75) is 0 Å². The molecule has 0 fully saturated rings. The molecule has 0 amide bonds. The third kappa shape index (κ3) is 1.87. The maximum atomic E-state index is 9.70. The van der Waals surface area contributed by atoms with Gasteiger partial charge >= 0.3 is 0 Å². The van der Waals surface area contributed by atoms with Gasteiger partial charge in [0.25, 0.3) is 0 Å². The van der Waals surface area contributed by atoms with E-state index in [1.165, 1.54) is 0 Å². The highest BCUT2D eigenvalue weighted by atomic mass is 16.3. The molecular formula is C25H14N2O. The molecule has 0 aliphatic carbocycles. The predicted octanol–water partition coefficient (Wildman–Crippen LogP) is 6.55. The summed E-state index contributed by atoms with van der Waals surface area (Å²) in [6.07, 6.45) is 0. The second-order valence-corrected chi connectivity index (χ2v) is 6.92. The summed E-state index contributed by atoms with van der Waals surface area (Å²) < 4.78 is 8.49. The average Bonchev–Trinajstić information content (AvgIpc) is 3.29. The van der Waals surface area contributed by atoms with Crippen molar-refractivity contribution in [1.82, 2.24) is 4.57 Å². The van der Waals surface area contributed by atoms with Crippen molar-refractivity contribution in [2.75, 3.05) is 0 Å². The number of nitriles is 1. The van der Waals surface area contributed by atoms with Crippen LogP contribution in [0.5, 0.6) is 0 Å². The largest absolute Gasteiger partial charge is 0.454 e. The summed E-state index contributed by atoms with van der Waals surface area (Å²) in [5, 5.41) is 14.2. The number of nitrogens with zero attached hydrogens (tertiary/aromatic N) is 2. The molecule has 4 aromatic carbocycles. The van der Waals surface area contributed by atoms with Crippen LogP contribution >= 0.6 is 0 Å². The van der Waals surface area contributed by atoms with Gasteiger partial charge < -0.3 is 8.98 Å². The van der Waals surface area contributed by atoms with Gasteiger partial charge in [0, 0.05) is 21.5 Å². The van der Waals surface area contributed by atoms with Gasteiger partial charge in [0.05, 0.1) is 22.3 Å². The van der Waals surface area contributed by atoms with Crippen LogP contribution in [-0.2, 0) is 0 Å². The van der Waals surface area contributed by atoms with E-state index in [9.17, 15) is 5.26 Å². The molecule has 3 heteroatoms. The summed E-state index contributed by atoms with van der Waals surface area (Å²) in [6, 6.07) is 30.7. The van der Waals surface area contributed by atoms with E-state index in [-0.39, 0.29) is 0 Å². The number of rotatable bonds is 1. The molecule has 2 aromatic heterocycles. The van der Waals surface area contributed by atoms with E-state index in [0.717, 1.165) is 49.4 Å². The molecule has 0 spiro atoms. The van der Waals surface area contributed by atoms with E-state index in [1.54, 1.807) is 0 Å². The Morgan fingerprint density at radius 3 is 2.29 bits per heavy atom. The van der Waals surface area contributed by atoms with Crippen molar-refractivity contribution in [3.63, 3.8) is 0 Å². The molecule has 28 heavy (non-hydrogen) atoms. The summed E-state index contributed by atoms with van der Waals surface area (Å²) in [4.78, 5) is 0. The number of benzene rings is 4. The first kappa shape index (κ1) is 15.1. The Morgan fingerprint density at radius 1 is 0.679 bits per heavy atom. The standard InChI is InChI=1S/C25H14N2O/c26-15-16-7-1-4-10-21(16)27-22-11-5-2-8-17(22)19-13-14-20-18-9-3-6-12-23(18)28-25(20)24(19)27/h1-14H. The zero-order valence-electron chi connectivity index (χ0n) is 14.9. The van der Waals surface area contributed by atoms with E-state index in [4.69, 9.17) is 4.42 Å². The van der Waals surface area contributed by atoms with Crippen molar-refractivity contribution >= 4 is 43.7 Å². The van der Waals surface area contributed by atoms with Crippen LogP contribution in [0.1, 0.15) is 5.56 Å². The molecule has 0 atom stereocenters. The minimum Gasteiger partial charge on any atom is -0.454 e.